The van der Waals surface area contributed by atoms with Crippen molar-refractivity contribution in [1.29, 1.82) is 0 Å². The standard InChI is InChI=1S/C22H27N3O4S/c1-16-3-2-4-21(13-16)30(27,28)24-12-9-22(26)25-17-5-6-18(25)15-20(14-17)29-19-7-10-23-11-8-19/h2-4,7-8,10-11,13,17-18,20,24H,5-6,9,12,14-15H2,1H3. The molecule has 1 aromatic heterocycles. The Morgan fingerprint density at radius 2 is 1.87 bits per heavy atom. The zero-order valence-corrected chi connectivity index (χ0v) is 17.8. The smallest absolute Gasteiger partial charge is 0.240 e. The molecule has 2 unspecified atom stereocenters. The molecule has 30 heavy (non-hydrogen) atoms. The Bertz CT molecular complexity index is 982. The molecular formula is C22H27N3O4S. The Hall–Kier alpha value is -2.45. The van der Waals surface area contributed by atoms with Crippen LogP contribution in [0.1, 0.15) is 37.7 Å². The van der Waals surface area contributed by atoms with Crippen molar-refractivity contribution in [2.75, 3.05) is 6.54 Å². The number of aromatic nitrogens is 1. The first-order valence-corrected chi connectivity index (χ1v) is 11.8. The molecule has 0 aliphatic carbocycles. The van der Waals surface area contributed by atoms with Crippen LogP contribution in [-0.4, -0.2) is 48.9 Å². The molecule has 8 heteroatoms. The van der Waals surface area contributed by atoms with Crippen LogP contribution in [0.15, 0.2) is 53.7 Å². The van der Waals surface area contributed by atoms with Crippen molar-refractivity contribution in [3.63, 3.8) is 0 Å². The van der Waals surface area contributed by atoms with Crippen LogP contribution < -0.4 is 9.46 Å². The molecule has 2 saturated heterocycles. The average molecular weight is 430 g/mol. The molecule has 1 N–H and O–H groups in total. The quantitative estimate of drug-likeness (QED) is 0.731. The summed E-state index contributed by atoms with van der Waals surface area (Å²) in [5.41, 5.74) is 0.877. The van der Waals surface area contributed by atoms with Crippen LogP contribution in [-0.2, 0) is 14.8 Å². The van der Waals surface area contributed by atoms with Crippen LogP contribution in [0.5, 0.6) is 5.75 Å². The molecule has 2 fully saturated rings. The van der Waals surface area contributed by atoms with E-state index in [1.165, 1.54) is 0 Å². The van der Waals surface area contributed by atoms with E-state index >= 15 is 0 Å². The van der Waals surface area contributed by atoms with E-state index in [0.29, 0.717) is 0 Å². The summed E-state index contributed by atoms with van der Waals surface area (Å²) in [4.78, 5) is 19.0. The zero-order valence-electron chi connectivity index (χ0n) is 17.0. The predicted octanol–water partition coefficient (Wildman–Crippen LogP) is 2.66. The first-order valence-electron chi connectivity index (χ1n) is 10.4. The van der Waals surface area contributed by atoms with Crippen LogP contribution in [0.4, 0.5) is 0 Å². The first kappa shape index (κ1) is 20.8. The first-order chi connectivity index (χ1) is 14.4. The second-order valence-electron chi connectivity index (χ2n) is 8.04. The number of pyridine rings is 1. The number of aryl methyl sites for hydroxylation is 1. The van der Waals surface area contributed by atoms with E-state index in [1.54, 1.807) is 30.6 Å². The molecule has 0 spiro atoms. The fourth-order valence-electron chi connectivity index (χ4n) is 4.53. The fraction of sp³-hybridized carbons (Fsp3) is 0.455. The summed E-state index contributed by atoms with van der Waals surface area (Å²) in [6.45, 7) is 1.95. The third kappa shape index (κ3) is 4.65. The van der Waals surface area contributed by atoms with E-state index in [2.05, 4.69) is 9.71 Å². The Kier molecular flexibility index (Phi) is 6.06. The van der Waals surface area contributed by atoms with Gasteiger partial charge in [0.05, 0.1) is 4.90 Å². The molecule has 0 saturated carbocycles. The van der Waals surface area contributed by atoms with Gasteiger partial charge in [0, 0.05) is 50.3 Å². The molecule has 2 atom stereocenters. The molecule has 3 heterocycles. The Morgan fingerprint density at radius 1 is 1.17 bits per heavy atom. The predicted molar refractivity (Wildman–Crippen MR) is 113 cm³/mol. The Balaban J connectivity index is 1.30. The van der Waals surface area contributed by atoms with Gasteiger partial charge in [0.2, 0.25) is 15.9 Å². The van der Waals surface area contributed by atoms with Crippen molar-refractivity contribution in [2.45, 2.75) is 62.1 Å². The molecule has 0 radical (unpaired) electrons. The third-order valence-corrected chi connectivity index (χ3v) is 7.32. The highest BCUT2D eigenvalue weighted by atomic mass is 32.2. The van der Waals surface area contributed by atoms with Gasteiger partial charge in [-0.2, -0.15) is 0 Å². The van der Waals surface area contributed by atoms with E-state index in [4.69, 9.17) is 4.74 Å². The van der Waals surface area contributed by atoms with E-state index in [9.17, 15) is 13.2 Å². The van der Waals surface area contributed by atoms with Crippen molar-refractivity contribution in [1.82, 2.24) is 14.6 Å². The second kappa shape index (κ2) is 8.73. The van der Waals surface area contributed by atoms with E-state index in [-0.39, 0.29) is 42.0 Å². The minimum Gasteiger partial charge on any atom is -0.490 e. The average Bonchev–Trinajstić information content (AvgIpc) is 2.99. The summed E-state index contributed by atoms with van der Waals surface area (Å²) in [5, 5.41) is 0. The highest BCUT2D eigenvalue weighted by molar-refractivity contribution is 7.89. The highest BCUT2D eigenvalue weighted by Gasteiger charge is 2.43. The van der Waals surface area contributed by atoms with Gasteiger partial charge in [0.15, 0.2) is 0 Å². The number of ether oxygens (including phenoxy) is 1. The monoisotopic (exact) mass is 429 g/mol. The number of nitrogens with one attached hydrogen (secondary N) is 1. The van der Waals surface area contributed by atoms with Crippen molar-refractivity contribution in [3.05, 3.63) is 54.4 Å². The number of hydrogen-bond donors (Lipinski definition) is 1. The summed E-state index contributed by atoms with van der Waals surface area (Å²) in [7, 11) is -3.61. The number of carbonyl (C=O) groups excluding carboxylic acids is 1. The molecule has 2 bridgehead atoms. The van der Waals surface area contributed by atoms with Gasteiger partial charge < -0.3 is 9.64 Å². The van der Waals surface area contributed by atoms with Gasteiger partial charge in [-0.15, -0.1) is 0 Å². The SMILES string of the molecule is Cc1cccc(S(=O)(=O)NCCC(=O)N2C3CCC2CC(Oc2ccncc2)C3)c1. The summed E-state index contributed by atoms with van der Waals surface area (Å²) in [6, 6.07) is 10.8. The molecule has 2 aliphatic rings. The minimum absolute atomic E-state index is 0.0109. The number of rotatable bonds is 7. The maximum atomic E-state index is 12.8. The van der Waals surface area contributed by atoms with Gasteiger partial charge in [-0.25, -0.2) is 13.1 Å². The maximum Gasteiger partial charge on any atom is 0.240 e. The van der Waals surface area contributed by atoms with Crippen molar-refractivity contribution in [3.8, 4) is 5.75 Å². The zero-order chi connectivity index (χ0) is 21.1. The van der Waals surface area contributed by atoms with Crippen LogP contribution in [0.25, 0.3) is 0 Å². The second-order valence-corrected chi connectivity index (χ2v) is 9.81. The number of nitrogens with zero attached hydrogens (tertiary/aromatic N) is 2. The van der Waals surface area contributed by atoms with Gasteiger partial charge in [-0.1, -0.05) is 12.1 Å². The summed E-state index contributed by atoms with van der Waals surface area (Å²) in [5.74, 6) is 0.816. The number of carbonyl (C=O) groups is 1. The molecule has 160 valence electrons. The van der Waals surface area contributed by atoms with Gasteiger partial charge in [-0.3, -0.25) is 9.78 Å². The third-order valence-electron chi connectivity index (χ3n) is 5.86. The molecule has 4 rings (SSSR count). The lowest BCUT2D eigenvalue weighted by Gasteiger charge is -2.39. The number of sulfonamides is 1. The lowest BCUT2D eigenvalue weighted by Crippen LogP contribution is -2.49. The summed E-state index contributed by atoms with van der Waals surface area (Å²) in [6.07, 6.45) is 7.23. The van der Waals surface area contributed by atoms with E-state index < -0.39 is 10.0 Å². The van der Waals surface area contributed by atoms with Gasteiger partial charge in [0.25, 0.3) is 0 Å². The topological polar surface area (TPSA) is 88.6 Å². The van der Waals surface area contributed by atoms with E-state index in [0.717, 1.165) is 37.0 Å². The lowest BCUT2D eigenvalue weighted by atomic mass is 9.99. The largest absolute Gasteiger partial charge is 0.490 e. The van der Waals surface area contributed by atoms with E-state index in [1.807, 2.05) is 30.0 Å². The Morgan fingerprint density at radius 3 is 2.53 bits per heavy atom. The van der Waals surface area contributed by atoms with Crippen molar-refractivity contribution in [2.24, 2.45) is 0 Å². The fourth-order valence-corrected chi connectivity index (χ4v) is 5.66. The van der Waals surface area contributed by atoms with Crippen molar-refractivity contribution >= 4 is 15.9 Å². The van der Waals surface area contributed by atoms with Crippen LogP contribution in [0, 0.1) is 6.92 Å². The van der Waals surface area contributed by atoms with Crippen LogP contribution >= 0.6 is 0 Å². The molecule has 2 aliphatic heterocycles. The van der Waals surface area contributed by atoms with Crippen LogP contribution in [0.2, 0.25) is 0 Å². The Labute approximate surface area is 177 Å². The molecule has 7 nitrogen and oxygen atoms in total. The number of amides is 1. The number of hydrogen-bond acceptors (Lipinski definition) is 5. The van der Waals surface area contributed by atoms with Crippen LogP contribution in [0.3, 0.4) is 0 Å². The van der Waals surface area contributed by atoms with Gasteiger partial charge in [0.1, 0.15) is 11.9 Å². The summed E-state index contributed by atoms with van der Waals surface area (Å²) < 4.78 is 33.5. The molecular weight excluding hydrogens is 402 g/mol. The highest BCUT2D eigenvalue weighted by Crippen LogP contribution is 2.37. The normalized spacial score (nSPS) is 23.4. The van der Waals surface area contributed by atoms with Gasteiger partial charge in [-0.05, 0) is 49.6 Å². The molecule has 1 aromatic carbocycles. The number of piperidine rings is 1. The number of fused-ring (bicyclic) bond motifs is 2. The maximum absolute atomic E-state index is 12.8. The number of benzene rings is 1. The minimum atomic E-state index is -3.61. The summed E-state index contributed by atoms with van der Waals surface area (Å²) >= 11 is 0. The van der Waals surface area contributed by atoms with Crippen molar-refractivity contribution < 1.29 is 17.9 Å². The molecule has 2 aromatic rings. The molecule has 1 amide bonds. The van der Waals surface area contributed by atoms with Gasteiger partial charge >= 0.3 is 0 Å². The lowest BCUT2D eigenvalue weighted by molar-refractivity contribution is -0.136.